The minimum absolute atomic E-state index is 0.254. The highest BCUT2D eigenvalue weighted by Gasteiger charge is 2.15. The Morgan fingerprint density at radius 3 is 2.61 bits per heavy atom. The van der Waals surface area contributed by atoms with Gasteiger partial charge in [-0.3, -0.25) is 4.99 Å². The molecule has 0 radical (unpaired) electrons. The summed E-state index contributed by atoms with van der Waals surface area (Å²) in [6, 6.07) is 12.7. The van der Waals surface area contributed by atoms with Crippen LogP contribution in [0.3, 0.4) is 0 Å². The summed E-state index contributed by atoms with van der Waals surface area (Å²) in [5.41, 5.74) is 2.28. The first-order valence-corrected chi connectivity index (χ1v) is 8.10. The molecule has 5 heteroatoms. The second-order valence-electron chi connectivity index (χ2n) is 5.70. The van der Waals surface area contributed by atoms with E-state index in [0.717, 1.165) is 23.8 Å². The van der Waals surface area contributed by atoms with E-state index >= 15 is 0 Å². The SMILES string of the molecule is CCc1cc(CNC(=NC)NC(C)C(C)c2ccccc2)on1. The summed E-state index contributed by atoms with van der Waals surface area (Å²) >= 11 is 0. The lowest BCUT2D eigenvalue weighted by Crippen LogP contribution is -2.43. The molecule has 0 amide bonds. The second kappa shape index (κ2) is 8.36. The van der Waals surface area contributed by atoms with Crippen LogP contribution < -0.4 is 10.6 Å². The van der Waals surface area contributed by atoms with Crippen LogP contribution in [-0.2, 0) is 13.0 Å². The molecule has 2 aromatic rings. The number of rotatable bonds is 6. The van der Waals surface area contributed by atoms with Gasteiger partial charge in [0.25, 0.3) is 0 Å². The van der Waals surface area contributed by atoms with Crippen LogP contribution in [0.25, 0.3) is 0 Å². The van der Waals surface area contributed by atoms with Gasteiger partial charge < -0.3 is 15.2 Å². The summed E-state index contributed by atoms with van der Waals surface area (Å²) in [5.74, 6) is 1.95. The number of guanidine groups is 1. The summed E-state index contributed by atoms with van der Waals surface area (Å²) in [5, 5.41) is 10.7. The zero-order chi connectivity index (χ0) is 16.7. The molecule has 5 nitrogen and oxygen atoms in total. The summed E-state index contributed by atoms with van der Waals surface area (Å²) < 4.78 is 5.28. The molecule has 0 saturated carbocycles. The zero-order valence-electron chi connectivity index (χ0n) is 14.3. The number of nitrogens with zero attached hydrogens (tertiary/aromatic N) is 2. The van der Waals surface area contributed by atoms with Gasteiger partial charge in [0.2, 0.25) is 0 Å². The molecular weight excluding hydrogens is 288 g/mol. The smallest absolute Gasteiger partial charge is 0.191 e. The first kappa shape index (κ1) is 17.1. The van der Waals surface area contributed by atoms with Crippen LogP contribution in [0.1, 0.15) is 43.7 Å². The normalized spacial score (nSPS) is 14.3. The van der Waals surface area contributed by atoms with Crippen molar-refractivity contribution in [2.45, 2.75) is 45.7 Å². The quantitative estimate of drug-likeness (QED) is 0.635. The Balaban J connectivity index is 1.88. The van der Waals surface area contributed by atoms with Crippen molar-refractivity contribution >= 4 is 5.96 Å². The van der Waals surface area contributed by atoms with E-state index in [1.807, 2.05) is 12.1 Å². The standard InChI is InChI=1S/C18H26N4O/c1-5-16-11-17(23-22-16)12-20-18(19-4)21-14(3)13(2)15-9-7-6-8-10-15/h6-11,13-14H,5,12H2,1-4H3,(H2,19,20,21). The first-order chi connectivity index (χ1) is 11.1. The zero-order valence-corrected chi connectivity index (χ0v) is 14.3. The largest absolute Gasteiger partial charge is 0.359 e. The molecule has 124 valence electrons. The van der Waals surface area contributed by atoms with Crippen molar-refractivity contribution in [1.29, 1.82) is 0 Å². The van der Waals surface area contributed by atoms with E-state index in [0.29, 0.717) is 12.5 Å². The Morgan fingerprint density at radius 1 is 1.26 bits per heavy atom. The van der Waals surface area contributed by atoms with Crippen LogP contribution in [0.15, 0.2) is 45.9 Å². The van der Waals surface area contributed by atoms with Crippen molar-refractivity contribution in [3.8, 4) is 0 Å². The molecule has 1 aromatic carbocycles. The van der Waals surface area contributed by atoms with E-state index < -0.39 is 0 Å². The lowest BCUT2D eigenvalue weighted by molar-refractivity contribution is 0.374. The minimum Gasteiger partial charge on any atom is -0.359 e. The molecule has 2 unspecified atom stereocenters. The lowest BCUT2D eigenvalue weighted by atomic mass is 9.94. The molecule has 1 aromatic heterocycles. The average molecular weight is 314 g/mol. The Morgan fingerprint density at radius 2 is 2.00 bits per heavy atom. The predicted molar refractivity (Wildman–Crippen MR) is 93.5 cm³/mol. The Labute approximate surface area is 138 Å². The van der Waals surface area contributed by atoms with E-state index in [4.69, 9.17) is 4.52 Å². The highest BCUT2D eigenvalue weighted by molar-refractivity contribution is 5.79. The summed E-state index contributed by atoms with van der Waals surface area (Å²) in [6.45, 7) is 7.00. The van der Waals surface area contributed by atoms with Gasteiger partial charge in [0.1, 0.15) is 0 Å². The van der Waals surface area contributed by atoms with Crippen molar-refractivity contribution < 1.29 is 4.52 Å². The number of benzene rings is 1. The van der Waals surface area contributed by atoms with Crippen LogP contribution in [-0.4, -0.2) is 24.2 Å². The fourth-order valence-electron chi connectivity index (χ4n) is 2.36. The third-order valence-corrected chi connectivity index (χ3v) is 4.06. The van der Waals surface area contributed by atoms with Gasteiger partial charge >= 0.3 is 0 Å². The van der Waals surface area contributed by atoms with E-state index in [-0.39, 0.29) is 6.04 Å². The molecule has 1 heterocycles. The number of nitrogens with one attached hydrogen (secondary N) is 2. The Hall–Kier alpha value is -2.30. The van der Waals surface area contributed by atoms with Crippen LogP contribution in [0, 0.1) is 0 Å². The van der Waals surface area contributed by atoms with E-state index in [2.05, 4.69) is 65.8 Å². The maximum Gasteiger partial charge on any atom is 0.191 e. The maximum atomic E-state index is 5.28. The summed E-state index contributed by atoms with van der Waals surface area (Å²) in [4.78, 5) is 4.28. The van der Waals surface area contributed by atoms with E-state index in [9.17, 15) is 0 Å². The highest BCUT2D eigenvalue weighted by Crippen LogP contribution is 2.18. The average Bonchev–Trinajstić information content (AvgIpc) is 3.06. The lowest BCUT2D eigenvalue weighted by Gasteiger charge is -2.23. The predicted octanol–water partition coefficient (Wildman–Crippen LogP) is 3.09. The molecule has 2 N–H and O–H groups in total. The monoisotopic (exact) mass is 314 g/mol. The third-order valence-electron chi connectivity index (χ3n) is 4.06. The first-order valence-electron chi connectivity index (χ1n) is 8.10. The number of hydrogen-bond acceptors (Lipinski definition) is 3. The van der Waals surface area contributed by atoms with Crippen molar-refractivity contribution in [1.82, 2.24) is 15.8 Å². The van der Waals surface area contributed by atoms with Gasteiger partial charge in [0.15, 0.2) is 11.7 Å². The molecule has 0 aliphatic rings. The molecule has 0 bridgehead atoms. The maximum absolute atomic E-state index is 5.28. The van der Waals surface area contributed by atoms with Gasteiger partial charge in [0.05, 0.1) is 12.2 Å². The Bertz CT molecular complexity index is 621. The molecule has 23 heavy (non-hydrogen) atoms. The van der Waals surface area contributed by atoms with Crippen LogP contribution >= 0.6 is 0 Å². The van der Waals surface area contributed by atoms with Crippen molar-refractivity contribution in [2.75, 3.05) is 7.05 Å². The molecule has 0 saturated heterocycles. The molecule has 2 atom stereocenters. The van der Waals surface area contributed by atoms with E-state index in [1.165, 1.54) is 5.56 Å². The van der Waals surface area contributed by atoms with Crippen molar-refractivity contribution in [3.05, 3.63) is 53.4 Å². The van der Waals surface area contributed by atoms with Crippen molar-refractivity contribution in [2.24, 2.45) is 4.99 Å². The molecule has 0 aliphatic carbocycles. The molecule has 0 spiro atoms. The number of aromatic nitrogens is 1. The summed E-state index contributed by atoms with van der Waals surface area (Å²) in [6.07, 6.45) is 0.877. The summed E-state index contributed by atoms with van der Waals surface area (Å²) in [7, 11) is 1.77. The molecule has 0 fully saturated rings. The van der Waals surface area contributed by atoms with Crippen LogP contribution in [0.5, 0.6) is 0 Å². The Kier molecular flexibility index (Phi) is 6.20. The van der Waals surface area contributed by atoms with Gasteiger partial charge in [-0.25, -0.2) is 0 Å². The van der Waals surface area contributed by atoms with Gasteiger partial charge in [0, 0.05) is 25.1 Å². The number of aliphatic imine (C=N–C) groups is 1. The minimum atomic E-state index is 0.254. The van der Waals surface area contributed by atoms with Gasteiger partial charge in [-0.2, -0.15) is 0 Å². The highest BCUT2D eigenvalue weighted by atomic mass is 16.5. The van der Waals surface area contributed by atoms with E-state index in [1.54, 1.807) is 7.05 Å². The second-order valence-corrected chi connectivity index (χ2v) is 5.70. The van der Waals surface area contributed by atoms with Gasteiger partial charge in [-0.1, -0.05) is 49.3 Å². The van der Waals surface area contributed by atoms with Crippen molar-refractivity contribution in [3.63, 3.8) is 0 Å². The molecular formula is C18H26N4O. The number of aryl methyl sites for hydroxylation is 1. The van der Waals surface area contributed by atoms with Gasteiger partial charge in [-0.05, 0) is 18.9 Å². The molecule has 0 aliphatic heterocycles. The third kappa shape index (κ3) is 4.84. The van der Waals surface area contributed by atoms with Crippen LogP contribution in [0.4, 0.5) is 0 Å². The fourth-order valence-corrected chi connectivity index (χ4v) is 2.36. The van der Waals surface area contributed by atoms with Crippen LogP contribution in [0.2, 0.25) is 0 Å². The van der Waals surface area contributed by atoms with Gasteiger partial charge in [-0.15, -0.1) is 0 Å². The fraction of sp³-hybridized carbons (Fsp3) is 0.444. The topological polar surface area (TPSA) is 62.5 Å². The molecule has 2 rings (SSSR count). The number of hydrogen-bond donors (Lipinski definition) is 2.